The molecule has 0 aromatic carbocycles. The summed E-state index contributed by atoms with van der Waals surface area (Å²) in [6, 6.07) is 0. The van der Waals surface area contributed by atoms with Crippen molar-refractivity contribution in [1.29, 1.82) is 0 Å². The Kier molecular flexibility index (Phi) is 6.69. The van der Waals surface area contributed by atoms with Crippen LogP contribution in [0.25, 0.3) is 0 Å². The van der Waals surface area contributed by atoms with Crippen LogP contribution in [-0.4, -0.2) is 38.1 Å². The van der Waals surface area contributed by atoms with E-state index in [-0.39, 0.29) is 0 Å². The molecule has 2 nitrogen and oxygen atoms in total. The molecule has 1 heterocycles. The average molecular weight is 210 g/mol. The standard InChI is InChI=1S/C13H26N2/c1-13-7-11-15(12-8-13)10-6-4-3-5-9-14-2/h7,14H,3-6,8-12H2,1-2H3. The third-order valence-electron chi connectivity index (χ3n) is 3.17. The van der Waals surface area contributed by atoms with Gasteiger partial charge in [0.15, 0.2) is 0 Å². The van der Waals surface area contributed by atoms with Crippen molar-refractivity contribution < 1.29 is 0 Å². The molecule has 1 aliphatic rings. The molecule has 0 spiro atoms. The highest BCUT2D eigenvalue weighted by Gasteiger charge is 2.07. The summed E-state index contributed by atoms with van der Waals surface area (Å²) in [5.41, 5.74) is 1.57. The fraction of sp³-hybridized carbons (Fsp3) is 0.846. The molecular formula is C13H26N2. The van der Waals surface area contributed by atoms with Gasteiger partial charge >= 0.3 is 0 Å². The van der Waals surface area contributed by atoms with Crippen LogP contribution >= 0.6 is 0 Å². The van der Waals surface area contributed by atoms with Crippen LogP contribution in [0.15, 0.2) is 11.6 Å². The van der Waals surface area contributed by atoms with Crippen molar-refractivity contribution in [2.24, 2.45) is 0 Å². The van der Waals surface area contributed by atoms with Crippen molar-refractivity contribution in [3.05, 3.63) is 11.6 Å². The van der Waals surface area contributed by atoms with E-state index in [1.165, 1.54) is 58.3 Å². The number of nitrogens with one attached hydrogen (secondary N) is 1. The second kappa shape index (κ2) is 7.89. The second-order valence-corrected chi connectivity index (χ2v) is 4.62. The van der Waals surface area contributed by atoms with Crippen LogP contribution in [0.1, 0.15) is 39.0 Å². The summed E-state index contributed by atoms with van der Waals surface area (Å²) in [6.07, 6.45) is 9.13. The molecular weight excluding hydrogens is 184 g/mol. The Bertz CT molecular complexity index is 187. The van der Waals surface area contributed by atoms with Gasteiger partial charge in [0.25, 0.3) is 0 Å². The van der Waals surface area contributed by atoms with E-state index in [0.717, 1.165) is 0 Å². The van der Waals surface area contributed by atoms with E-state index in [1.54, 1.807) is 5.57 Å². The SMILES string of the molecule is CNCCCCCCN1CC=C(C)CC1. The maximum absolute atomic E-state index is 3.19. The molecule has 0 fully saturated rings. The lowest BCUT2D eigenvalue weighted by Gasteiger charge is -2.25. The highest BCUT2D eigenvalue weighted by Crippen LogP contribution is 2.10. The Balaban J connectivity index is 1.92. The van der Waals surface area contributed by atoms with Gasteiger partial charge in [0.1, 0.15) is 0 Å². The fourth-order valence-corrected chi connectivity index (χ4v) is 2.01. The summed E-state index contributed by atoms with van der Waals surface area (Å²) in [5, 5.41) is 3.19. The first-order valence-corrected chi connectivity index (χ1v) is 6.35. The van der Waals surface area contributed by atoms with Crippen LogP contribution in [0, 0.1) is 0 Å². The van der Waals surface area contributed by atoms with Crippen LogP contribution in [0.2, 0.25) is 0 Å². The van der Waals surface area contributed by atoms with Crippen molar-refractivity contribution >= 4 is 0 Å². The molecule has 0 aromatic rings. The van der Waals surface area contributed by atoms with E-state index < -0.39 is 0 Å². The topological polar surface area (TPSA) is 15.3 Å². The third-order valence-corrected chi connectivity index (χ3v) is 3.17. The predicted octanol–water partition coefficient (Wildman–Crippen LogP) is 2.42. The van der Waals surface area contributed by atoms with E-state index >= 15 is 0 Å². The molecule has 0 aromatic heterocycles. The second-order valence-electron chi connectivity index (χ2n) is 4.62. The van der Waals surface area contributed by atoms with Crippen LogP contribution in [0.4, 0.5) is 0 Å². The van der Waals surface area contributed by atoms with Gasteiger partial charge in [-0.05, 0) is 46.3 Å². The molecule has 1 rings (SSSR count). The van der Waals surface area contributed by atoms with Crippen LogP contribution in [0.5, 0.6) is 0 Å². The summed E-state index contributed by atoms with van der Waals surface area (Å²) in [5.74, 6) is 0. The lowest BCUT2D eigenvalue weighted by Crippen LogP contribution is -2.29. The van der Waals surface area contributed by atoms with Crippen LogP contribution < -0.4 is 5.32 Å². The van der Waals surface area contributed by atoms with E-state index in [2.05, 4.69) is 23.2 Å². The highest BCUT2D eigenvalue weighted by atomic mass is 15.1. The average Bonchev–Trinajstić information content (AvgIpc) is 2.26. The van der Waals surface area contributed by atoms with Crippen molar-refractivity contribution in [2.75, 3.05) is 33.2 Å². The minimum Gasteiger partial charge on any atom is -0.320 e. The Morgan fingerprint density at radius 1 is 1.27 bits per heavy atom. The molecule has 0 saturated heterocycles. The zero-order valence-electron chi connectivity index (χ0n) is 10.4. The van der Waals surface area contributed by atoms with Gasteiger partial charge in [-0.2, -0.15) is 0 Å². The predicted molar refractivity (Wildman–Crippen MR) is 67.2 cm³/mol. The molecule has 1 N–H and O–H groups in total. The minimum absolute atomic E-state index is 1.17. The van der Waals surface area contributed by atoms with Gasteiger partial charge < -0.3 is 5.32 Å². The van der Waals surface area contributed by atoms with Gasteiger partial charge in [0.05, 0.1) is 0 Å². The number of rotatable bonds is 7. The molecule has 0 bridgehead atoms. The number of unbranched alkanes of at least 4 members (excludes halogenated alkanes) is 3. The van der Waals surface area contributed by atoms with Crippen LogP contribution in [0.3, 0.4) is 0 Å². The summed E-state index contributed by atoms with van der Waals surface area (Å²) >= 11 is 0. The Labute approximate surface area is 94.7 Å². The van der Waals surface area contributed by atoms with Gasteiger partial charge in [-0.15, -0.1) is 0 Å². The van der Waals surface area contributed by atoms with E-state index in [4.69, 9.17) is 0 Å². The zero-order chi connectivity index (χ0) is 10.9. The summed E-state index contributed by atoms with van der Waals surface area (Å²) in [7, 11) is 2.03. The first-order chi connectivity index (χ1) is 7.33. The fourth-order valence-electron chi connectivity index (χ4n) is 2.01. The molecule has 0 saturated carbocycles. The van der Waals surface area contributed by atoms with Crippen molar-refractivity contribution in [2.45, 2.75) is 39.0 Å². The van der Waals surface area contributed by atoms with Crippen molar-refractivity contribution in [1.82, 2.24) is 10.2 Å². The molecule has 0 aliphatic carbocycles. The number of hydrogen-bond donors (Lipinski definition) is 1. The summed E-state index contributed by atoms with van der Waals surface area (Å²) in [6.45, 7) is 7.17. The monoisotopic (exact) mass is 210 g/mol. The van der Waals surface area contributed by atoms with Gasteiger partial charge in [0, 0.05) is 13.1 Å². The Morgan fingerprint density at radius 3 is 2.73 bits per heavy atom. The Morgan fingerprint density at radius 2 is 2.07 bits per heavy atom. The highest BCUT2D eigenvalue weighted by molar-refractivity contribution is 5.03. The first kappa shape index (κ1) is 12.7. The molecule has 15 heavy (non-hydrogen) atoms. The third kappa shape index (κ3) is 5.95. The first-order valence-electron chi connectivity index (χ1n) is 6.35. The van der Waals surface area contributed by atoms with Gasteiger partial charge in [-0.25, -0.2) is 0 Å². The summed E-state index contributed by atoms with van der Waals surface area (Å²) in [4.78, 5) is 2.57. The number of nitrogens with zero attached hydrogens (tertiary/aromatic N) is 1. The number of hydrogen-bond acceptors (Lipinski definition) is 2. The van der Waals surface area contributed by atoms with E-state index in [9.17, 15) is 0 Å². The van der Waals surface area contributed by atoms with Gasteiger partial charge in [-0.1, -0.05) is 24.5 Å². The molecule has 88 valence electrons. The van der Waals surface area contributed by atoms with Gasteiger partial charge in [0.2, 0.25) is 0 Å². The lowest BCUT2D eigenvalue weighted by molar-refractivity contribution is 0.286. The largest absolute Gasteiger partial charge is 0.320 e. The maximum atomic E-state index is 3.19. The van der Waals surface area contributed by atoms with E-state index in [1.807, 2.05) is 7.05 Å². The normalized spacial score (nSPS) is 17.9. The van der Waals surface area contributed by atoms with Crippen molar-refractivity contribution in [3.63, 3.8) is 0 Å². The molecule has 0 unspecified atom stereocenters. The van der Waals surface area contributed by atoms with Crippen molar-refractivity contribution in [3.8, 4) is 0 Å². The van der Waals surface area contributed by atoms with E-state index in [0.29, 0.717) is 0 Å². The van der Waals surface area contributed by atoms with Crippen LogP contribution in [-0.2, 0) is 0 Å². The molecule has 2 heteroatoms. The van der Waals surface area contributed by atoms with Gasteiger partial charge in [-0.3, -0.25) is 4.90 Å². The quantitative estimate of drug-likeness (QED) is 0.513. The molecule has 0 atom stereocenters. The molecule has 0 radical (unpaired) electrons. The zero-order valence-corrected chi connectivity index (χ0v) is 10.4. The lowest BCUT2D eigenvalue weighted by atomic mass is 10.1. The smallest absolute Gasteiger partial charge is 0.0165 e. The molecule has 1 aliphatic heterocycles. The Hall–Kier alpha value is -0.340. The molecule has 0 amide bonds. The maximum Gasteiger partial charge on any atom is 0.0165 e. The minimum atomic E-state index is 1.17. The summed E-state index contributed by atoms with van der Waals surface area (Å²) < 4.78 is 0.